The summed E-state index contributed by atoms with van der Waals surface area (Å²) in [7, 11) is 0. The van der Waals surface area contributed by atoms with Gasteiger partial charge in [-0.05, 0) is 38.3 Å². The van der Waals surface area contributed by atoms with E-state index in [1.807, 2.05) is 24.0 Å². The first-order valence-corrected chi connectivity index (χ1v) is 7.95. The average molecular weight is 300 g/mol. The van der Waals surface area contributed by atoms with Gasteiger partial charge in [0, 0.05) is 26.2 Å². The molecule has 22 heavy (non-hydrogen) atoms. The van der Waals surface area contributed by atoms with Crippen LogP contribution >= 0.6 is 0 Å². The maximum Gasteiger partial charge on any atom is 0.229 e. The van der Waals surface area contributed by atoms with Crippen molar-refractivity contribution in [3.05, 3.63) is 18.0 Å². The predicted octanol–water partition coefficient (Wildman–Crippen LogP) is 0.881. The monoisotopic (exact) mass is 300 g/mol. The standard InChI is InChI=1S/C15H20N6O/c1-11-16-17-13-5-6-14(18-21(11)13)20-9-12(10-20)15(22)19-7-3-2-4-8-19/h5-6,12H,2-4,7-10H2,1H3. The van der Waals surface area contributed by atoms with Gasteiger partial charge >= 0.3 is 0 Å². The van der Waals surface area contributed by atoms with Gasteiger partial charge in [0.2, 0.25) is 5.91 Å². The van der Waals surface area contributed by atoms with Crippen LogP contribution in [0.1, 0.15) is 25.1 Å². The fourth-order valence-electron chi connectivity index (χ4n) is 3.25. The molecule has 0 unspecified atom stereocenters. The highest BCUT2D eigenvalue weighted by molar-refractivity contribution is 5.82. The van der Waals surface area contributed by atoms with Crippen LogP contribution in [-0.4, -0.2) is 56.8 Å². The summed E-state index contributed by atoms with van der Waals surface area (Å²) in [5.74, 6) is 2.10. The summed E-state index contributed by atoms with van der Waals surface area (Å²) in [5, 5.41) is 12.6. The number of fused-ring (bicyclic) bond motifs is 1. The van der Waals surface area contributed by atoms with Crippen LogP contribution in [0.4, 0.5) is 5.82 Å². The summed E-state index contributed by atoms with van der Waals surface area (Å²) >= 11 is 0. The zero-order valence-electron chi connectivity index (χ0n) is 12.8. The van der Waals surface area contributed by atoms with Crippen molar-refractivity contribution >= 4 is 17.4 Å². The van der Waals surface area contributed by atoms with Crippen LogP contribution in [0.2, 0.25) is 0 Å². The third-order valence-electron chi connectivity index (χ3n) is 4.63. The molecule has 7 nitrogen and oxygen atoms in total. The van der Waals surface area contributed by atoms with Crippen LogP contribution in [0.25, 0.3) is 5.65 Å². The van der Waals surface area contributed by atoms with Crippen LogP contribution in [0.5, 0.6) is 0 Å². The lowest BCUT2D eigenvalue weighted by atomic mass is 9.97. The molecule has 0 aliphatic carbocycles. The number of anilines is 1. The van der Waals surface area contributed by atoms with E-state index in [0.717, 1.165) is 56.3 Å². The molecule has 4 heterocycles. The molecule has 2 saturated heterocycles. The Morgan fingerprint density at radius 1 is 1.14 bits per heavy atom. The van der Waals surface area contributed by atoms with Crippen molar-refractivity contribution in [3.8, 4) is 0 Å². The molecular formula is C15H20N6O. The van der Waals surface area contributed by atoms with E-state index in [9.17, 15) is 4.79 Å². The van der Waals surface area contributed by atoms with Gasteiger partial charge in [-0.1, -0.05) is 0 Å². The molecule has 2 aromatic rings. The third kappa shape index (κ3) is 2.20. The van der Waals surface area contributed by atoms with Gasteiger partial charge < -0.3 is 9.80 Å². The quantitative estimate of drug-likeness (QED) is 0.824. The summed E-state index contributed by atoms with van der Waals surface area (Å²) in [5.41, 5.74) is 0.753. The molecule has 0 bridgehead atoms. The number of likely N-dealkylation sites (tertiary alicyclic amines) is 1. The van der Waals surface area contributed by atoms with Gasteiger partial charge in [-0.3, -0.25) is 4.79 Å². The Kier molecular flexibility index (Phi) is 3.20. The van der Waals surface area contributed by atoms with Crippen molar-refractivity contribution in [2.75, 3.05) is 31.1 Å². The number of hydrogen-bond acceptors (Lipinski definition) is 5. The fraction of sp³-hybridized carbons (Fsp3) is 0.600. The largest absolute Gasteiger partial charge is 0.353 e. The number of rotatable bonds is 2. The Morgan fingerprint density at radius 2 is 1.91 bits per heavy atom. The van der Waals surface area contributed by atoms with Gasteiger partial charge in [0.05, 0.1) is 5.92 Å². The number of carbonyl (C=O) groups is 1. The minimum absolute atomic E-state index is 0.123. The van der Waals surface area contributed by atoms with Gasteiger partial charge in [0.25, 0.3) is 0 Å². The van der Waals surface area contributed by atoms with Gasteiger partial charge in [-0.25, -0.2) is 0 Å². The van der Waals surface area contributed by atoms with E-state index in [2.05, 4.69) is 20.2 Å². The lowest BCUT2D eigenvalue weighted by Gasteiger charge is -2.42. The van der Waals surface area contributed by atoms with Crippen LogP contribution in [0, 0.1) is 12.8 Å². The number of aryl methyl sites for hydroxylation is 1. The summed E-state index contributed by atoms with van der Waals surface area (Å²) < 4.78 is 1.75. The van der Waals surface area contributed by atoms with Crippen LogP contribution in [0.3, 0.4) is 0 Å². The first kappa shape index (κ1) is 13.5. The number of nitrogens with zero attached hydrogens (tertiary/aromatic N) is 6. The molecule has 0 spiro atoms. The van der Waals surface area contributed by atoms with E-state index in [-0.39, 0.29) is 5.92 Å². The molecule has 2 aromatic heterocycles. The predicted molar refractivity (Wildman–Crippen MR) is 81.7 cm³/mol. The molecule has 2 aliphatic heterocycles. The Bertz CT molecular complexity index is 699. The van der Waals surface area contributed by atoms with Gasteiger partial charge in [-0.2, -0.15) is 4.52 Å². The van der Waals surface area contributed by atoms with Crippen molar-refractivity contribution in [1.82, 2.24) is 24.7 Å². The maximum atomic E-state index is 12.4. The average Bonchev–Trinajstić information content (AvgIpc) is 2.88. The molecule has 7 heteroatoms. The lowest BCUT2D eigenvalue weighted by molar-refractivity contribution is -0.137. The van der Waals surface area contributed by atoms with Gasteiger partial charge in [-0.15, -0.1) is 15.3 Å². The second-order valence-electron chi connectivity index (χ2n) is 6.20. The van der Waals surface area contributed by atoms with Crippen molar-refractivity contribution in [3.63, 3.8) is 0 Å². The van der Waals surface area contributed by atoms with Crippen LogP contribution < -0.4 is 4.90 Å². The second kappa shape index (κ2) is 5.23. The summed E-state index contributed by atoms with van der Waals surface area (Å²) in [6.07, 6.45) is 3.55. The van der Waals surface area contributed by atoms with E-state index < -0.39 is 0 Å². The number of carbonyl (C=O) groups excluding carboxylic acids is 1. The Balaban J connectivity index is 1.43. The highest BCUT2D eigenvalue weighted by atomic mass is 16.2. The van der Waals surface area contributed by atoms with Crippen molar-refractivity contribution in [1.29, 1.82) is 0 Å². The van der Waals surface area contributed by atoms with Crippen LogP contribution in [-0.2, 0) is 4.79 Å². The zero-order chi connectivity index (χ0) is 15.1. The highest BCUT2D eigenvalue weighted by Gasteiger charge is 2.36. The van der Waals surface area contributed by atoms with Crippen molar-refractivity contribution in [2.45, 2.75) is 26.2 Å². The van der Waals surface area contributed by atoms with Crippen molar-refractivity contribution in [2.24, 2.45) is 5.92 Å². The SMILES string of the molecule is Cc1nnc2ccc(N3CC(C(=O)N4CCCCC4)C3)nn12. The molecule has 0 saturated carbocycles. The number of hydrogen-bond donors (Lipinski definition) is 0. The first-order valence-electron chi connectivity index (χ1n) is 7.95. The molecule has 0 atom stereocenters. The number of piperidine rings is 1. The van der Waals surface area contributed by atoms with Crippen molar-refractivity contribution < 1.29 is 4.79 Å². The second-order valence-corrected chi connectivity index (χ2v) is 6.20. The molecule has 0 N–H and O–H groups in total. The summed E-state index contributed by atoms with van der Waals surface area (Å²) in [6, 6.07) is 3.87. The fourth-order valence-corrected chi connectivity index (χ4v) is 3.25. The third-order valence-corrected chi connectivity index (χ3v) is 4.63. The Morgan fingerprint density at radius 3 is 2.68 bits per heavy atom. The molecule has 2 fully saturated rings. The molecular weight excluding hydrogens is 280 g/mol. The first-order chi connectivity index (χ1) is 10.7. The molecule has 0 radical (unpaired) electrons. The molecule has 2 aliphatic rings. The highest BCUT2D eigenvalue weighted by Crippen LogP contribution is 2.25. The summed E-state index contributed by atoms with van der Waals surface area (Å²) in [4.78, 5) is 16.6. The molecule has 0 aromatic carbocycles. The van der Waals surface area contributed by atoms with Gasteiger partial charge in [0.1, 0.15) is 5.82 Å². The molecule has 4 rings (SSSR count). The maximum absolute atomic E-state index is 12.4. The van der Waals surface area contributed by atoms with Gasteiger partial charge in [0.15, 0.2) is 11.5 Å². The smallest absolute Gasteiger partial charge is 0.229 e. The van der Waals surface area contributed by atoms with E-state index in [1.54, 1.807) is 4.52 Å². The molecule has 1 amide bonds. The Hall–Kier alpha value is -2.18. The number of amides is 1. The topological polar surface area (TPSA) is 66.6 Å². The van der Waals surface area contributed by atoms with E-state index in [4.69, 9.17) is 0 Å². The normalized spacial score (nSPS) is 19.5. The van der Waals surface area contributed by atoms with E-state index in [0.29, 0.717) is 5.91 Å². The van der Waals surface area contributed by atoms with Crippen LogP contribution in [0.15, 0.2) is 12.1 Å². The van der Waals surface area contributed by atoms with E-state index in [1.165, 1.54) is 6.42 Å². The summed E-state index contributed by atoms with van der Waals surface area (Å²) in [6.45, 7) is 5.26. The minimum Gasteiger partial charge on any atom is -0.353 e. The van der Waals surface area contributed by atoms with E-state index >= 15 is 0 Å². The lowest BCUT2D eigenvalue weighted by Crippen LogP contribution is -2.55. The number of aromatic nitrogens is 4. The molecule has 116 valence electrons. The minimum atomic E-state index is 0.123. The Labute approximate surface area is 128 Å². The zero-order valence-corrected chi connectivity index (χ0v) is 12.8.